The molecule has 24 heavy (non-hydrogen) atoms. The van der Waals surface area contributed by atoms with Crippen molar-refractivity contribution in [2.75, 3.05) is 6.61 Å². The van der Waals surface area contributed by atoms with Gasteiger partial charge < -0.3 is 9.84 Å². The third kappa shape index (κ3) is 5.76. The molecule has 126 valence electrons. The molecule has 0 radical (unpaired) electrons. The molecule has 2 aromatic rings. The lowest BCUT2D eigenvalue weighted by Gasteiger charge is -2.05. The zero-order valence-corrected chi connectivity index (χ0v) is 13.7. The Labute approximate surface area is 142 Å². The van der Waals surface area contributed by atoms with E-state index in [1.807, 2.05) is 31.2 Å². The average Bonchev–Trinajstić information content (AvgIpc) is 2.58. The fourth-order valence-electron chi connectivity index (χ4n) is 2.20. The Hall–Kier alpha value is -2.82. The van der Waals surface area contributed by atoms with Gasteiger partial charge in [0.25, 0.3) is 0 Å². The molecule has 5 nitrogen and oxygen atoms in total. The van der Waals surface area contributed by atoms with Gasteiger partial charge in [-0.2, -0.15) is 5.10 Å². The maximum atomic E-state index is 11.7. The van der Waals surface area contributed by atoms with Gasteiger partial charge in [0, 0.05) is 12.0 Å². The summed E-state index contributed by atoms with van der Waals surface area (Å²) in [5.41, 5.74) is 4.20. The molecule has 2 rings (SSSR count). The summed E-state index contributed by atoms with van der Waals surface area (Å²) in [4.78, 5) is 11.7. The Morgan fingerprint density at radius 1 is 1.21 bits per heavy atom. The van der Waals surface area contributed by atoms with Crippen molar-refractivity contribution in [2.24, 2.45) is 5.10 Å². The van der Waals surface area contributed by atoms with Crippen LogP contribution in [0.2, 0.25) is 0 Å². The lowest BCUT2D eigenvalue weighted by Crippen LogP contribution is -2.17. The maximum Gasteiger partial charge on any atom is 0.240 e. The number of hydrogen-bond donors (Lipinski definition) is 2. The van der Waals surface area contributed by atoms with Crippen LogP contribution in [0.3, 0.4) is 0 Å². The molecule has 0 spiro atoms. The quantitative estimate of drug-likeness (QED) is 0.578. The number of nitrogens with zero attached hydrogens (tertiary/aromatic N) is 1. The second kappa shape index (κ2) is 9.35. The summed E-state index contributed by atoms with van der Waals surface area (Å²) < 4.78 is 5.39. The van der Waals surface area contributed by atoms with Gasteiger partial charge in [-0.25, -0.2) is 5.43 Å². The molecular formula is C19H22N2O3. The number of amides is 1. The van der Waals surface area contributed by atoms with Crippen molar-refractivity contribution < 1.29 is 14.6 Å². The molecule has 0 fully saturated rings. The highest BCUT2D eigenvalue weighted by molar-refractivity contribution is 5.84. The van der Waals surface area contributed by atoms with Crippen LogP contribution in [-0.2, 0) is 11.2 Å². The van der Waals surface area contributed by atoms with Gasteiger partial charge in [-0.05, 0) is 49.6 Å². The van der Waals surface area contributed by atoms with Crippen molar-refractivity contribution >= 4 is 12.1 Å². The van der Waals surface area contributed by atoms with E-state index in [4.69, 9.17) is 4.74 Å². The van der Waals surface area contributed by atoms with E-state index in [0.29, 0.717) is 18.6 Å². The van der Waals surface area contributed by atoms with Crippen LogP contribution in [-0.4, -0.2) is 23.8 Å². The molecule has 0 atom stereocenters. The van der Waals surface area contributed by atoms with Gasteiger partial charge in [-0.15, -0.1) is 0 Å². The van der Waals surface area contributed by atoms with Crippen molar-refractivity contribution in [1.29, 1.82) is 0 Å². The molecule has 0 saturated heterocycles. The summed E-state index contributed by atoms with van der Waals surface area (Å²) in [5.74, 6) is 0.844. The van der Waals surface area contributed by atoms with E-state index in [0.717, 1.165) is 18.6 Å². The minimum absolute atomic E-state index is 0.131. The SMILES string of the molecule is CCOc1ccc(CCCC(=O)N/N=C/c2ccccc2O)cc1. The van der Waals surface area contributed by atoms with Crippen LogP contribution in [0.5, 0.6) is 11.5 Å². The molecule has 0 aromatic heterocycles. The Morgan fingerprint density at radius 2 is 1.96 bits per heavy atom. The summed E-state index contributed by atoms with van der Waals surface area (Å²) >= 11 is 0. The van der Waals surface area contributed by atoms with Crippen molar-refractivity contribution in [3.63, 3.8) is 0 Å². The fraction of sp³-hybridized carbons (Fsp3) is 0.263. The van der Waals surface area contributed by atoms with E-state index in [-0.39, 0.29) is 11.7 Å². The highest BCUT2D eigenvalue weighted by Crippen LogP contribution is 2.14. The molecule has 0 aliphatic heterocycles. The minimum atomic E-state index is -0.146. The molecule has 0 saturated carbocycles. The van der Waals surface area contributed by atoms with Gasteiger partial charge in [0.05, 0.1) is 12.8 Å². The second-order valence-electron chi connectivity index (χ2n) is 5.28. The number of aryl methyl sites for hydroxylation is 1. The first-order chi connectivity index (χ1) is 11.7. The Morgan fingerprint density at radius 3 is 2.67 bits per heavy atom. The highest BCUT2D eigenvalue weighted by Gasteiger charge is 2.01. The number of hydrazone groups is 1. The van der Waals surface area contributed by atoms with Gasteiger partial charge in [0.15, 0.2) is 0 Å². The van der Waals surface area contributed by atoms with E-state index in [2.05, 4.69) is 10.5 Å². The Kier molecular flexibility index (Phi) is 6.83. The number of phenolic OH excluding ortho intramolecular Hbond substituents is 1. The first kappa shape index (κ1) is 17.5. The number of para-hydroxylation sites is 1. The lowest BCUT2D eigenvalue weighted by atomic mass is 10.1. The van der Waals surface area contributed by atoms with Crippen molar-refractivity contribution in [3.05, 3.63) is 59.7 Å². The zero-order chi connectivity index (χ0) is 17.2. The van der Waals surface area contributed by atoms with Crippen LogP contribution < -0.4 is 10.2 Å². The second-order valence-corrected chi connectivity index (χ2v) is 5.28. The molecular weight excluding hydrogens is 304 g/mol. The molecule has 0 aliphatic rings. The summed E-state index contributed by atoms with van der Waals surface area (Å²) in [6, 6.07) is 14.7. The van der Waals surface area contributed by atoms with Crippen molar-refractivity contribution in [1.82, 2.24) is 5.43 Å². The number of hydrogen-bond acceptors (Lipinski definition) is 4. The number of phenols is 1. The topological polar surface area (TPSA) is 70.9 Å². The maximum absolute atomic E-state index is 11.7. The summed E-state index contributed by atoms with van der Waals surface area (Å²) in [5, 5.41) is 13.4. The highest BCUT2D eigenvalue weighted by atomic mass is 16.5. The standard InChI is InChI=1S/C19H22N2O3/c1-2-24-17-12-10-15(11-13-17)6-5-9-19(23)21-20-14-16-7-3-4-8-18(16)22/h3-4,7-8,10-14,22H,2,5-6,9H2,1H3,(H,21,23)/b20-14+. The van der Waals surface area contributed by atoms with Gasteiger partial charge >= 0.3 is 0 Å². The van der Waals surface area contributed by atoms with Crippen LogP contribution >= 0.6 is 0 Å². The predicted molar refractivity (Wildman–Crippen MR) is 94.4 cm³/mol. The van der Waals surface area contributed by atoms with Crippen molar-refractivity contribution in [2.45, 2.75) is 26.2 Å². The molecule has 2 N–H and O–H groups in total. The largest absolute Gasteiger partial charge is 0.507 e. The van der Waals surface area contributed by atoms with Gasteiger partial charge in [-0.1, -0.05) is 24.3 Å². The smallest absolute Gasteiger partial charge is 0.240 e. The van der Waals surface area contributed by atoms with Crippen LogP contribution in [0.4, 0.5) is 0 Å². The number of rotatable bonds is 8. The van der Waals surface area contributed by atoms with Crippen LogP contribution in [0.25, 0.3) is 0 Å². The monoisotopic (exact) mass is 326 g/mol. The van der Waals surface area contributed by atoms with Gasteiger partial charge in [0.2, 0.25) is 5.91 Å². The summed E-state index contributed by atoms with van der Waals surface area (Å²) in [6.45, 7) is 2.61. The van der Waals surface area contributed by atoms with E-state index >= 15 is 0 Å². The van der Waals surface area contributed by atoms with Crippen LogP contribution in [0.15, 0.2) is 53.6 Å². The molecule has 5 heteroatoms. The van der Waals surface area contributed by atoms with Crippen molar-refractivity contribution in [3.8, 4) is 11.5 Å². The molecule has 0 aliphatic carbocycles. The first-order valence-corrected chi connectivity index (χ1v) is 8.00. The third-order valence-electron chi connectivity index (χ3n) is 3.43. The van der Waals surface area contributed by atoms with Gasteiger partial charge in [0.1, 0.15) is 11.5 Å². The Balaban J connectivity index is 1.70. The van der Waals surface area contributed by atoms with E-state index in [1.54, 1.807) is 24.3 Å². The number of benzene rings is 2. The summed E-state index contributed by atoms with van der Waals surface area (Å²) in [6.07, 6.45) is 3.39. The number of ether oxygens (including phenoxy) is 1. The molecule has 2 aromatic carbocycles. The lowest BCUT2D eigenvalue weighted by molar-refractivity contribution is -0.121. The number of nitrogens with one attached hydrogen (secondary N) is 1. The van der Waals surface area contributed by atoms with Gasteiger partial charge in [-0.3, -0.25) is 4.79 Å². The normalized spacial score (nSPS) is 10.7. The molecule has 1 amide bonds. The average molecular weight is 326 g/mol. The van der Waals surface area contributed by atoms with Crippen LogP contribution in [0.1, 0.15) is 30.9 Å². The fourth-order valence-corrected chi connectivity index (χ4v) is 2.20. The number of carbonyl (C=O) groups is 1. The molecule has 0 heterocycles. The van der Waals surface area contributed by atoms with E-state index < -0.39 is 0 Å². The molecule has 0 unspecified atom stereocenters. The Bertz CT molecular complexity index is 681. The zero-order valence-electron chi connectivity index (χ0n) is 13.7. The van der Waals surface area contributed by atoms with E-state index in [1.165, 1.54) is 11.8 Å². The van der Waals surface area contributed by atoms with E-state index in [9.17, 15) is 9.90 Å². The third-order valence-corrected chi connectivity index (χ3v) is 3.43. The van der Waals surface area contributed by atoms with Crippen LogP contribution in [0, 0.1) is 0 Å². The first-order valence-electron chi connectivity index (χ1n) is 8.00. The minimum Gasteiger partial charge on any atom is -0.507 e. The number of carbonyl (C=O) groups excluding carboxylic acids is 1. The molecule has 0 bridgehead atoms. The number of aromatic hydroxyl groups is 1. The predicted octanol–water partition coefficient (Wildman–Crippen LogP) is 3.26. The summed E-state index contributed by atoms with van der Waals surface area (Å²) in [7, 11) is 0.